The number of nitrogens with zero attached hydrogens (tertiary/aromatic N) is 2. The second-order valence-electron chi connectivity index (χ2n) is 17.3. The van der Waals surface area contributed by atoms with E-state index in [1.54, 1.807) is 0 Å². The van der Waals surface area contributed by atoms with Crippen LogP contribution in [0.1, 0.15) is 22.3 Å². The normalized spacial score (nSPS) is 12.3. The van der Waals surface area contributed by atoms with E-state index in [-0.39, 0.29) is 0 Å². The Hall–Kier alpha value is -8.72. The van der Waals surface area contributed by atoms with Crippen molar-refractivity contribution in [1.82, 2.24) is 9.97 Å². The number of fused-ring (bicyclic) bond motifs is 3. The Morgan fingerprint density at radius 3 is 1.28 bits per heavy atom. The zero-order chi connectivity index (χ0) is 44.6. The van der Waals surface area contributed by atoms with Gasteiger partial charge in [-0.25, -0.2) is 9.97 Å². The first kappa shape index (κ1) is 39.8. The molecule has 1 aliphatic carbocycles. The molecule has 0 unspecified atom stereocenters. The predicted octanol–water partition coefficient (Wildman–Crippen LogP) is 16.5. The van der Waals surface area contributed by atoms with Crippen LogP contribution in [-0.2, 0) is 5.41 Å². The van der Waals surface area contributed by atoms with Gasteiger partial charge in [-0.1, -0.05) is 237 Å². The molecule has 10 aromatic carbocycles. The molecule has 1 aromatic heterocycles. The van der Waals surface area contributed by atoms with E-state index < -0.39 is 5.41 Å². The maximum absolute atomic E-state index is 5.21. The van der Waals surface area contributed by atoms with Crippen molar-refractivity contribution in [3.63, 3.8) is 0 Å². The van der Waals surface area contributed by atoms with Crippen molar-refractivity contribution >= 4 is 0 Å². The van der Waals surface area contributed by atoms with Gasteiger partial charge in [0.05, 0.1) is 16.8 Å². The molecular weight excluding hydrogens is 809 g/mol. The summed E-state index contributed by atoms with van der Waals surface area (Å²) >= 11 is 0. The number of hydrogen-bond donors (Lipinski definition) is 0. The molecule has 0 saturated carbocycles. The highest BCUT2D eigenvalue weighted by atomic mass is 14.9. The zero-order valence-corrected chi connectivity index (χ0v) is 36.8. The Morgan fingerprint density at radius 2 is 0.657 bits per heavy atom. The van der Waals surface area contributed by atoms with E-state index in [0.717, 1.165) is 44.8 Å². The van der Waals surface area contributed by atoms with Crippen LogP contribution in [0, 0.1) is 0 Å². The minimum absolute atomic E-state index is 0.511. The van der Waals surface area contributed by atoms with Crippen molar-refractivity contribution < 1.29 is 0 Å². The van der Waals surface area contributed by atoms with Gasteiger partial charge >= 0.3 is 0 Å². The molecule has 314 valence electrons. The second-order valence-corrected chi connectivity index (χ2v) is 17.3. The van der Waals surface area contributed by atoms with Gasteiger partial charge in [0.1, 0.15) is 0 Å². The van der Waals surface area contributed by atoms with Crippen molar-refractivity contribution in [2.24, 2.45) is 0 Å². The number of rotatable bonds is 9. The summed E-state index contributed by atoms with van der Waals surface area (Å²) in [7, 11) is 0. The van der Waals surface area contributed by atoms with Gasteiger partial charge in [-0.2, -0.15) is 0 Å². The van der Waals surface area contributed by atoms with E-state index in [2.05, 4.69) is 243 Å². The smallest absolute Gasteiger partial charge is 0.160 e. The largest absolute Gasteiger partial charge is 0.228 e. The third kappa shape index (κ3) is 7.17. The third-order valence-electron chi connectivity index (χ3n) is 13.4. The van der Waals surface area contributed by atoms with Crippen LogP contribution in [0.3, 0.4) is 0 Å². The summed E-state index contributed by atoms with van der Waals surface area (Å²) in [6, 6.07) is 96.3. The minimum atomic E-state index is -0.511. The first-order chi connectivity index (χ1) is 33.2. The number of benzene rings is 10. The molecule has 0 atom stereocenters. The molecule has 0 bridgehead atoms. The molecule has 12 rings (SSSR count). The van der Waals surface area contributed by atoms with Crippen LogP contribution < -0.4 is 0 Å². The topological polar surface area (TPSA) is 25.8 Å². The Kier molecular flexibility index (Phi) is 10.1. The average molecular weight is 853 g/mol. The fourth-order valence-electron chi connectivity index (χ4n) is 10.2. The monoisotopic (exact) mass is 852 g/mol. The molecule has 0 spiro atoms. The number of hydrogen-bond acceptors (Lipinski definition) is 2. The van der Waals surface area contributed by atoms with Crippen LogP contribution in [0.5, 0.6) is 0 Å². The van der Waals surface area contributed by atoms with Gasteiger partial charge in [-0.3, -0.25) is 0 Å². The van der Waals surface area contributed by atoms with Gasteiger partial charge < -0.3 is 0 Å². The van der Waals surface area contributed by atoms with Crippen LogP contribution in [0.15, 0.2) is 267 Å². The molecule has 0 amide bonds. The molecule has 2 nitrogen and oxygen atoms in total. The molecule has 0 N–H and O–H groups in total. The van der Waals surface area contributed by atoms with Crippen LogP contribution in [0.25, 0.3) is 89.5 Å². The Labute approximate surface area is 392 Å². The van der Waals surface area contributed by atoms with Gasteiger partial charge in [0, 0.05) is 16.7 Å². The van der Waals surface area contributed by atoms with Gasteiger partial charge in [0.2, 0.25) is 0 Å². The highest BCUT2D eigenvalue weighted by Crippen LogP contribution is 2.58. The molecule has 1 aliphatic rings. The van der Waals surface area contributed by atoms with E-state index in [9.17, 15) is 0 Å². The summed E-state index contributed by atoms with van der Waals surface area (Å²) in [6.45, 7) is 0. The lowest BCUT2D eigenvalue weighted by Crippen LogP contribution is -2.28. The van der Waals surface area contributed by atoms with Crippen molar-refractivity contribution in [1.29, 1.82) is 0 Å². The third-order valence-corrected chi connectivity index (χ3v) is 13.4. The summed E-state index contributed by atoms with van der Waals surface area (Å²) in [5.74, 6) is 0.696. The molecule has 0 fully saturated rings. The van der Waals surface area contributed by atoms with Crippen molar-refractivity contribution in [3.8, 4) is 89.5 Å². The van der Waals surface area contributed by atoms with Gasteiger partial charge in [0.25, 0.3) is 0 Å². The van der Waals surface area contributed by atoms with E-state index in [0.29, 0.717) is 5.82 Å². The Bertz CT molecular complexity index is 3490. The molecule has 2 heteroatoms. The molecule has 1 heterocycles. The zero-order valence-electron chi connectivity index (χ0n) is 36.8. The van der Waals surface area contributed by atoms with Gasteiger partial charge in [0.15, 0.2) is 5.82 Å². The molecule has 0 radical (unpaired) electrons. The summed E-state index contributed by atoms with van der Waals surface area (Å²) in [6.07, 6.45) is 0. The van der Waals surface area contributed by atoms with Gasteiger partial charge in [-0.05, 0) is 108 Å². The first-order valence-corrected chi connectivity index (χ1v) is 23.0. The van der Waals surface area contributed by atoms with Crippen LogP contribution in [-0.4, -0.2) is 9.97 Å². The average Bonchev–Trinajstić information content (AvgIpc) is 3.72. The lowest BCUT2D eigenvalue weighted by Gasteiger charge is -2.34. The lowest BCUT2D eigenvalue weighted by molar-refractivity contribution is 0.769. The van der Waals surface area contributed by atoms with Gasteiger partial charge in [-0.15, -0.1) is 0 Å². The summed E-state index contributed by atoms with van der Waals surface area (Å²) < 4.78 is 0. The second kappa shape index (κ2) is 17.0. The standard InChI is InChI=1S/C65H44N2/c1-6-20-45(21-7-1)46-36-38-48(39-37-46)62-44-63(67-64(66-62)49-24-10-3-11-25-49)53-29-19-27-51(41-53)50-26-18-28-52(40-50)58-43-61-59(42-57(58)47-22-8-2-9-23-47)56-34-16-17-35-60(56)65(61,54-30-12-4-13-31-54)55-32-14-5-15-33-55/h1-44H. The lowest BCUT2D eigenvalue weighted by atomic mass is 9.67. The summed E-state index contributed by atoms with van der Waals surface area (Å²) in [5, 5.41) is 0. The SMILES string of the molecule is c1ccc(-c2ccc(-c3cc(-c4cccc(-c5cccc(-c6cc7c(cc6-c6ccccc6)-c6ccccc6C7(c6ccccc6)c6ccccc6)c5)c4)nc(-c4ccccc4)n3)cc2)cc1. The van der Waals surface area contributed by atoms with E-state index in [4.69, 9.17) is 9.97 Å². The highest BCUT2D eigenvalue weighted by Gasteiger charge is 2.46. The fourth-order valence-corrected chi connectivity index (χ4v) is 10.2. The molecule has 11 aromatic rings. The first-order valence-electron chi connectivity index (χ1n) is 23.0. The van der Waals surface area contributed by atoms with E-state index in [1.165, 1.54) is 61.2 Å². The highest BCUT2D eigenvalue weighted by molar-refractivity contribution is 5.95. The molecule has 67 heavy (non-hydrogen) atoms. The fraction of sp³-hybridized carbons (Fsp3) is 0.0154. The summed E-state index contributed by atoms with van der Waals surface area (Å²) in [4.78, 5) is 10.3. The Balaban J connectivity index is 0.998. The van der Waals surface area contributed by atoms with E-state index in [1.807, 2.05) is 24.3 Å². The quantitative estimate of drug-likeness (QED) is 0.145. The summed E-state index contributed by atoms with van der Waals surface area (Å²) in [5.41, 5.74) is 21.3. The molecular formula is C65H44N2. The Morgan fingerprint density at radius 1 is 0.224 bits per heavy atom. The predicted molar refractivity (Wildman–Crippen MR) is 277 cm³/mol. The maximum Gasteiger partial charge on any atom is 0.160 e. The number of aromatic nitrogens is 2. The molecule has 0 saturated heterocycles. The maximum atomic E-state index is 5.21. The molecule has 0 aliphatic heterocycles. The van der Waals surface area contributed by atoms with Crippen LogP contribution in [0.4, 0.5) is 0 Å². The van der Waals surface area contributed by atoms with Crippen LogP contribution in [0.2, 0.25) is 0 Å². The van der Waals surface area contributed by atoms with Crippen molar-refractivity contribution in [2.75, 3.05) is 0 Å². The van der Waals surface area contributed by atoms with Crippen molar-refractivity contribution in [3.05, 3.63) is 289 Å². The van der Waals surface area contributed by atoms with Crippen LogP contribution >= 0.6 is 0 Å². The van der Waals surface area contributed by atoms with Crippen molar-refractivity contribution in [2.45, 2.75) is 5.41 Å². The van der Waals surface area contributed by atoms with E-state index >= 15 is 0 Å². The minimum Gasteiger partial charge on any atom is -0.228 e.